The van der Waals surface area contributed by atoms with Gasteiger partial charge in [-0.05, 0) is 54.1 Å². The summed E-state index contributed by atoms with van der Waals surface area (Å²) in [6.07, 6.45) is 4.57. The second kappa shape index (κ2) is 8.34. The van der Waals surface area contributed by atoms with Crippen molar-refractivity contribution in [2.45, 2.75) is 0 Å². The summed E-state index contributed by atoms with van der Waals surface area (Å²) in [7, 11) is 0. The Labute approximate surface area is 150 Å². The molecule has 0 saturated heterocycles. The first-order chi connectivity index (χ1) is 12.7. The van der Waals surface area contributed by atoms with Gasteiger partial charge >= 0.3 is 5.97 Å². The van der Waals surface area contributed by atoms with Gasteiger partial charge in [0.25, 0.3) is 5.91 Å². The minimum Gasteiger partial charge on any atom is -0.423 e. The summed E-state index contributed by atoms with van der Waals surface area (Å²) in [6.45, 7) is 0. The number of hydrogen-bond acceptors (Lipinski definition) is 5. The highest BCUT2D eigenvalue weighted by Gasteiger charge is 2.07. The summed E-state index contributed by atoms with van der Waals surface area (Å²) >= 11 is 0. The number of nitrogens with one attached hydrogen (secondary N) is 1. The molecule has 128 valence electrons. The Morgan fingerprint density at radius 3 is 2.27 bits per heavy atom. The minimum atomic E-state index is -0.420. The Morgan fingerprint density at radius 2 is 1.58 bits per heavy atom. The lowest BCUT2D eigenvalue weighted by molar-refractivity contribution is 0.0734. The molecule has 1 N–H and O–H groups in total. The summed E-state index contributed by atoms with van der Waals surface area (Å²) in [6, 6.07) is 18.7. The Hall–Kier alpha value is -3.80. The first-order valence-corrected chi connectivity index (χ1v) is 7.83. The second-order valence-corrected chi connectivity index (χ2v) is 5.26. The third-order valence-corrected chi connectivity index (χ3v) is 3.42. The number of amides is 1. The molecule has 1 aromatic heterocycles. The molecule has 0 radical (unpaired) electrons. The zero-order valence-electron chi connectivity index (χ0n) is 13.7. The molecule has 0 unspecified atom stereocenters. The molecule has 0 bridgehead atoms. The lowest BCUT2D eigenvalue weighted by Crippen LogP contribution is -2.17. The highest BCUT2D eigenvalue weighted by molar-refractivity contribution is 5.94. The van der Waals surface area contributed by atoms with E-state index in [0.717, 1.165) is 5.56 Å². The fourth-order valence-electron chi connectivity index (χ4n) is 2.10. The lowest BCUT2D eigenvalue weighted by Gasteiger charge is -2.04. The molecule has 0 aliphatic heterocycles. The van der Waals surface area contributed by atoms with E-state index in [2.05, 4.69) is 15.5 Å². The van der Waals surface area contributed by atoms with Crippen molar-refractivity contribution in [3.8, 4) is 5.75 Å². The molecule has 0 aliphatic rings. The van der Waals surface area contributed by atoms with Gasteiger partial charge in [-0.3, -0.25) is 9.78 Å². The molecule has 6 nitrogen and oxygen atoms in total. The molecule has 3 aromatic rings. The molecule has 26 heavy (non-hydrogen) atoms. The summed E-state index contributed by atoms with van der Waals surface area (Å²) in [4.78, 5) is 27.7. The first kappa shape index (κ1) is 17.0. The second-order valence-electron chi connectivity index (χ2n) is 5.26. The lowest BCUT2D eigenvalue weighted by atomic mass is 10.2. The summed E-state index contributed by atoms with van der Waals surface area (Å²) in [5.41, 5.74) is 4.14. The molecule has 0 aliphatic carbocycles. The van der Waals surface area contributed by atoms with E-state index in [1.807, 2.05) is 6.07 Å². The number of carbonyl (C=O) groups excluding carboxylic acids is 2. The van der Waals surface area contributed by atoms with Crippen molar-refractivity contribution < 1.29 is 14.3 Å². The van der Waals surface area contributed by atoms with Gasteiger partial charge in [-0.25, -0.2) is 10.2 Å². The van der Waals surface area contributed by atoms with Crippen molar-refractivity contribution >= 4 is 18.1 Å². The first-order valence-electron chi connectivity index (χ1n) is 7.83. The predicted octanol–water partition coefficient (Wildman–Crippen LogP) is 3.06. The standard InChI is InChI=1S/C20H15N3O3/c24-19(16-10-12-21-13-11-16)23-22-14-15-6-8-18(9-7-15)26-20(25)17-4-2-1-3-5-17/h1-14H,(H,23,24)/b22-14+. The maximum atomic E-state index is 12.0. The van der Waals surface area contributed by atoms with Crippen molar-refractivity contribution in [2.24, 2.45) is 5.10 Å². The maximum absolute atomic E-state index is 12.0. The molecule has 0 atom stereocenters. The van der Waals surface area contributed by atoms with Gasteiger partial charge in [-0.2, -0.15) is 5.10 Å². The molecular weight excluding hydrogens is 330 g/mol. The Balaban J connectivity index is 1.56. The van der Waals surface area contributed by atoms with E-state index in [1.54, 1.807) is 60.7 Å². The van der Waals surface area contributed by atoms with Crippen LogP contribution in [0.3, 0.4) is 0 Å². The number of aromatic nitrogens is 1. The van der Waals surface area contributed by atoms with Crippen molar-refractivity contribution in [1.82, 2.24) is 10.4 Å². The van der Waals surface area contributed by atoms with Crippen LogP contribution in [0.2, 0.25) is 0 Å². The predicted molar refractivity (Wildman–Crippen MR) is 97.1 cm³/mol. The fourth-order valence-corrected chi connectivity index (χ4v) is 2.10. The van der Waals surface area contributed by atoms with Crippen LogP contribution in [0.1, 0.15) is 26.3 Å². The molecular formula is C20H15N3O3. The average molecular weight is 345 g/mol. The van der Waals surface area contributed by atoms with Gasteiger partial charge in [0.1, 0.15) is 5.75 Å². The van der Waals surface area contributed by atoms with Gasteiger partial charge in [0.15, 0.2) is 0 Å². The van der Waals surface area contributed by atoms with Crippen molar-refractivity contribution in [3.63, 3.8) is 0 Å². The molecule has 6 heteroatoms. The zero-order chi connectivity index (χ0) is 18.2. The van der Waals surface area contributed by atoms with Crippen molar-refractivity contribution in [3.05, 3.63) is 95.8 Å². The molecule has 0 spiro atoms. The average Bonchev–Trinajstić information content (AvgIpc) is 2.70. The van der Waals surface area contributed by atoms with E-state index in [-0.39, 0.29) is 5.91 Å². The third-order valence-electron chi connectivity index (χ3n) is 3.42. The molecule has 3 rings (SSSR count). The van der Waals surface area contributed by atoms with Gasteiger partial charge in [0.2, 0.25) is 0 Å². The number of esters is 1. The van der Waals surface area contributed by atoms with Crippen molar-refractivity contribution in [1.29, 1.82) is 0 Å². The van der Waals surface area contributed by atoms with Crippen LogP contribution >= 0.6 is 0 Å². The van der Waals surface area contributed by atoms with E-state index < -0.39 is 5.97 Å². The number of ether oxygens (including phenoxy) is 1. The number of nitrogens with zero attached hydrogens (tertiary/aromatic N) is 2. The quantitative estimate of drug-likeness (QED) is 0.333. The van der Waals surface area contributed by atoms with Crippen LogP contribution in [-0.2, 0) is 0 Å². The highest BCUT2D eigenvalue weighted by atomic mass is 16.5. The minimum absolute atomic E-state index is 0.322. The largest absolute Gasteiger partial charge is 0.423 e. The van der Waals surface area contributed by atoms with E-state index in [0.29, 0.717) is 16.9 Å². The maximum Gasteiger partial charge on any atom is 0.343 e. The molecule has 0 fully saturated rings. The van der Waals surface area contributed by atoms with Crippen LogP contribution in [0.15, 0.2) is 84.2 Å². The number of carbonyl (C=O) groups is 2. The van der Waals surface area contributed by atoms with Crippen LogP contribution < -0.4 is 10.2 Å². The van der Waals surface area contributed by atoms with Crippen LogP contribution in [0.5, 0.6) is 5.75 Å². The van der Waals surface area contributed by atoms with Gasteiger partial charge in [-0.1, -0.05) is 18.2 Å². The number of hydrazone groups is 1. The topological polar surface area (TPSA) is 80.6 Å². The summed E-state index contributed by atoms with van der Waals surface area (Å²) in [5.74, 6) is -0.314. The smallest absolute Gasteiger partial charge is 0.343 e. The normalized spacial score (nSPS) is 10.5. The molecule has 2 aromatic carbocycles. The van der Waals surface area contributed by atoms with Gasteiger partial charge < -0.3 is 4.74 Å². The van der Waals surface area contributed by atoms with E-state index >= 15 is 0 Å². The van der Waals surface area contributed by atoms with Crippen LogP contribution in [0.25, 0.3) is 0 Å². The number of benzene rings is 2. The van der Waals surface area contributed by atoms with E-state index in [9.17, 15) is 9.59 Å². The van der Waals surface area contributed by atoms with E-state index in [4.69, 9.17) is 4.74 Å². The van der Waals surface area contributed by atoms with Crippen LogP contribution in [0.4, 0.5) is 0 Å². The van der Waals surface area contributed by atoms with Crippen LogP contribution in [0, 0.1) is 0 Å². The van der Waals surface area contributed by atoms with Gasteiger partial charge in [0, 0.05) is 18.0 Å². The van der Waals surface area contributed by atoms with Gasteiger partial charge in [0.05, 0.1) is 11.8 Å². The molecule has 1 heterocycles. The Morgan fingerprint density at radius 1 is 0.885 bits per heavy atom. The number of pyridine rings is 1. The highest BCUT2D eigenvalue weighted by Crippen LogP contribution is 2.13. The monoisotopic (exact) mass is 345 g/mol. The zero-order valence-corrected chi connectivity index (χ0v) is 13.7. The third kappa shape index (κ3) is 4.61. The summed E-state index contributed by atoms with van der Waals surface area (Å²) < 4.78 is 5.30. The van der Waals surface area contributed by atoms with Gasteiger partial charge in [-0.15, -0.1) is 0 Å². The van der Waals surface area contributed by atoms with Crippen LogP contribution in [-0.4, -0.2) is 23.1 Å². The van der Waals surface area contributed by atoms with E-state index in [1.165, 1.54) is 18.6 Å². The SMILES string of the molecule is O=C(N/N=C/c1ccc(OC(=O)c2ccccc2)cc1)c1ccncc1. The number of rotatable bonds is 5. The Kier molecular flexibility index (Phi) is 5.47. The summed E-state index contributed by atoms with van der Waals surface area (Å²) in [5, 5.41) is 3.90. The Bertz CT molecular complexity index is 908. The number of hydrogen-bond donors (Lipinski definition) is 1. The molecule has 0 saturated carbocycles. The molecule has 1 amide bonds. The fraction of sp³-hybridized carbons (Fsp3) is 0. The van der Waals surface area contributed by atoms with Crippen molar-refractivity contribution in [2.75, 3.05) is 0 Å².